The zero-order valence-corrected chi connectivity index (χ0v) is 13.0. The van der Waals surface area contributed by atoms with E-state index in [0.29, 0.717) is 18.9 Å². The number of carbonyl (C=O) groups excluding carboxylic acids is 1. The molecule has 0 atom stereocenters. The fourth-order valence-corrected chi connectivity index (χ4v) is 2.27. The molecule has 21 heavy (non-hydrogen) atoms. The van der Waals surface area contributed by atoms with E-state index in [2.05, 4.69) is 9.88 Å². The normalized spacial score (nSPS) is 16.5. The quantitative estimate of drug-likeness (QED) is 0.858. The number of aromatic nitrogens is 1. The molecule has 6 nitrogen and oxygen atoms in total. The molecule has 2 N–H and O–H groups in total. The third-order valence-electron chi connectivity index (χ3n) is 3.23. The minimum atomic E-state index is -0.460. The van der Waals surface area contributed by atoms with E-state index >= 15 is 0 Å². The predicted octanol–water partition coefficient (Wildman–Crippen LogP) is 2.11. The number of anilines is 2. The lowest BCUT2D eigenvalue weighted by Gasteiger charge is -2.26. The average Bonchev–Trinajstić information content (AvgIpc) is 2.62. The van der Waals surface area contributed by atoms with Crippen LogP contribution < -0.4 is 10.6 Å². The van der Waals surface area contributed by atoms with Crippen molar-refractivity contribution < 1.29 is 9.53 Å². The smallest absolute Gasteiger partial charge is 0.410 e. The van der Waals surface area contributed by atoms with Gasteiger partial charge in [0.15, 0.2) is 0 Å². The van der Waals surface area contributed by atoms with Crippen molar-refractivity contribution in [2.45, 2.75) is 32.8 Å². The average molecular weight is 292 g/mol. The van der Waals surface area contributed by atoms with E-state index in [1.807, 2.05) is 32.9 Å². The molecule has 0 saturated carbocycles. The van der Waals surface area contributed by atoms with Crippen molar-refractivity contribution in [2.24, 2.45) is 0 Å². The van der Waals surface area contributed by atoms with E-state index in [1.54, 1.807) is 11.0 Å². The van der Waals surface area contributed by atoms with Crippen LogP contribution in [0.1, 0.15) is 27.2 Å². The SMILES string of the molecule is CC(C)(C)OC(=O)N1CCCN(c2cccc(N)n2)CC1. The van der Waals surface area contributed by atoms with Crippen LogP contribution >= 0.6 is 0 Å². The molecule has 1 amide bonds. The molecule has 2 heterocycles. The first-order valence-electron chi connectivity index (χ1n) is 7.30. The number of rotatable bonds is 1. The fraction of sp³-hybridized carbons (Fsp3) is 0.600. The summed E-state index contributed by atoms with van der Waals surface area (Å²) in [6, 6.07) is 5.61. The molecule has 0 aliphatic carbocycles. The van der Waals surface area contributed by atoms with Crippen LogP contribution in [0, 0.1) is 0 Å². The summed E-state index contributed by atoms with van der Waals surface area (Å²) < 4.78 is 5.43. The first kappa shape index (κ1) is 15.4. The summed E-state index contributed by atoms with van der Waals surface area (Å²) in [6.45, 7) is 8.56. The molecule has 0 radical (unpaired) electrons. The molecule has 1 fully saturated rings. The molecule has 1 aromatic rings. The van der Waals surface area contributed by atoms with Gasteiger partial charge in [0.25, 0.3) is 0 Å². The third kappa shape index (κ3) is 4.51. The van der Waals surface area contributed by atoms with Crippen molar-refractivity contribution in [3.05, 3.63) is 18.2 Å². The Balaban J connectivity index is 1.97. The monoisotopic (exact) mass is 292 g/mol. The Labute approximate surface area is 125 Å². The van der Waals surface area contributed by atoms with E-state index in [4.69, 9.17) is 10.5 Å². The van der Waals surface area contributed by atoms with Crippen LogP contribution in [0.3, 0.4) is 0 Å². The van der Waals surface area contributed by atoms with Gasteiger partial charge in [0.1, 0.15) is 17.2 Å². The molecule has 6 heteroatoms. The van der Waals surface area contributed by atoms with Crippen LogP contribution in [0.2, 0.25) is 0 Å². The third-order valence-corrected chi connectivity index (χ3v) is 3.23. The molecule has 1 aliphatic heterocycles. The second-order valence-corrected chi connectivity index (χ2v) is 6.23. The Morgan fingerprint density at radius 2 is 2.00 bits per heavy atom. The van der Waals surface area contributed by atoms with Gasteiger partial charge in [-0.1, -0.05) is 6.07 Å². The van der Waals surface area contributed by atoms with Crippen LogP contribution in [0.15, 0.2) is 18.2 Å². The van der Waals surface area contributed by atoms with Gasteiger partial charge in [0, 0.05) is 26.2 Å². The molecule has 0 spiro atoms. The highest BCUT2D eigenvalue weighted by Crippen LogP contribution is 2.17. The molecule has 0 bridgehead atoms. The number of nitrogens with zero attached hydrogens (tertiary/aromatic N) is 3. The van der Waals surface area contributed by atoms with Gasteiger partial charge in [-0.3, -0.25) is 0 Å². The second-order valence-electron chi connectivity index (χ2n) is 6.23. The van der Waals surface area contributed by atoms with Crippen molar-refractivity contribution in [1.82, 2.24) is 9.88 Å². The first-order valence-corrected chi connectivity index (χ1v) is 7.30. The van der Waals surface area contributed by atoms with Gasteiger partial charge >= 0.3 is 6.09 Å². The largest absolute Gasteiger partial charge is 0.444 e. The van der Waals surface area contributed by atoms with Gasteiger partial charge in [-0.15, -0.1) is 0 Å². The maximum atomic E-state index is 12.1. The second kappa shape index (κ2) is 6.20. The molecule has 1 aromatic heterocycles. The Hall–Kier alpha value is -1.98. The number of carbonyl (C=O) groups is 1. The molecule has 1 saturated heterocycles. The van der Waals surface area contributed by atoms with E-state index in [0.717, 1.165) is 25.3 Å². The lowest BCUT2D eigenvalue weighted by Crippen LogP contribution is -2.39. The summed E-state index contributed by atoms with van der Waals surface area (Å²) in [5.74, 6) is 1.38. The summed E-state index contributed by atoms with van der Waals surface area (Å²) in [7, 11) is 0. The fourth-order valence-electron chi connectivity index (χ4n) is 2.27. The van der Waals surface area contributed by atoms with Crippen molar-refractivity contribution in [2.75, 3.05) is 36.8 Å². The summed E-state index contributed by atoms with van der Waals surface area (Å²) in [6.07, 6.45) is 0.639. The summed E-state index contributed by atoms with van der Waals surface area (Å²) in [5.41, 5.74) is 5.27. The Morgan fingerprint density at radius 3 is 2.67 bits per heavy atom. The summed E-state index contributed by atoms with van der Waals surface area (Å²) in [4.78, 5) is 20.4. The number of nitrogens with two attached hydrogens (primary N) is 1. The molecule has 116 valence electrons. The van der Waals surface area contributed by atoms with Crippen molar-refractivity contribution in [1.29, 1.82) is 0 Å². The maximum Gasteiger partial charge on any atom is 0.410 e. The van der Waals surface area contributed by atoms with Crippen LogP contribution in [0.25, 0.3) is 0 Å². The highest BCUT2D eigenvalue weighted by molar-refractivity contribution is 5.68. The molecule has 1 aliphatic rings. The standard InChI is InChI=1S/C15H24N4O2/c1-15(2,3)21-14(20)19-9-5-8-18(10-11-19)13-7-4-6-12(16)17-13/h4,6-7H,5,8-11H2,1-3H3,(H2,16,17). The minimum Gasteiger partial charge on any atom is -0.444 e. The van der Waals surface area contributed by atoms with Gasteiger partial charge in [0.2, 0.25) is 0 Å². The van der Waals surface area contributed by atoms with Gasteiger partial charge in [-0.2, -0.15) is 0 Å². The zero-order valence-electron chi connectivity index (χ0n) is 13.0. The summed E-state index contributed by atoms with van der Waals surface area (Å²) >= 11 is 0. The van der Waals surface area contributed by atoms with E-state index < -0.39 is 5.60 Å². The van der Waals surface area contributed by atoms with Crippen molar-refractivity contribution in [3.8, 4) is 0 Å². The van der Waals surface area contributed by atoms with Crippen molar-refractivity contribution in [3.63, 3.8) is 0 Å². The van der Waals surface area contributed by atoms with E-state index in [1.165, 1.54) is 0 Å². The highest BCUT2D eigenvalue weighted by Gasteiger charge is 2.24. The van der Waals surface area contributed by atoms with Gasteiger partial charge in [0.05, 0.1) is 0 Å². The van der Waals surface area contributed by atoms with E-state index in [9.17, 15) is 4.79 Å². The Kier molecular flexibility index (Phi) is 4.55. The Morgan fingerprint density at radius 1 is 1.24 bits per heavy atom. The Bertz CT molecular complexity index is 499. The molecule has 0 unspecified atom stereocenters. The number of ether oxygens (including phenoxy) is 1. The van der Waals surface area contributed by atoms with Crippen LogP contribution in [0.4, 0.5) is 16.4 Å². The lowest BCUT2D eigenvalue weighted by atomic mass is 10.2. The molecule has 0 aromatic carbocycles. The van der Waals surface area contributed by atoms with Crippen LogP contribution in [-0.4, -0.2) is 47.8 Å². The zero-order chi connectivity index (χ0) is 15.5. The van der Waals surface area contributed by atoms with Crippen LogP contribution in [-0.2, 0) is 4.74 Å². The van der Waals surface area contributed by atoms with Crippen LogP contribution in [0.5, 0.6) is 0 Å². The number of hydrogen-bond acceptors (Lipinski definition) is 5. The number of amides is 1. The van der Waals surface area contributed by atoms with E-state index in [-0.39, 0.29) is 6.09 Å². The molecular formula is C15H24N4O2. The highest BCUT2D eigenvalue weighted by atomic mass is 16.6. The number of hydrogen-bond donors (Lipinski definition) is 1. The van der Waals surface area contributed by atoms with Gasteiger partial charge in [-0.05, 0) is 39.3 Å². The molecular weight excluding hydrogens is 268 g/mol. The first-order chi connectivity index (χ1) is 9.85. The topological polar surface area (TPSA) is 71.7 Å². The maximum absolute atomic E-state index is 12.1. The molecule has 2 rings (SSSR count). The van der Waals surface area contributed by atoms with Gasteiger partial charge in [-0.25, -0.2) is 9.78 Å². The van der Waals surface area contributed by atoms with Gasteiger partial charge < -0.3 is 20.3 Å². The number of nitrogen functional groups attached to an aromatic ring is 1. The summed E-state index contributed by atoms with van der Waals surface area (Å²) in [5, 5.41) is 0. The predicted molar refractivity (Wildman–Crippen MR) is 83.3 cm³/mol. The lowest BCUT2D eigenvalue weighted by molar-refractivity contribution is 0.0263. The minimum absolute atomic E-state index is 0.245. The van der Waals surface area contributed by atoms with Crippen molar-refractivity contribution >= 4 is 17.7 Å². The number of pyridine rings is 1.